The Morgan fingerprint density at radius 3 is 2.76 bits per heavy atom. The normalized spacial score (nSPS) is 11.1. The zero-order valence-electron chi connectivity index (χ0n) is 12.3. The number of carbonyl (C=O) groups excluding carboxylic acids is 1. The number of hydrogen-bond donors (Lipinski definition) is 2. The van der Waals surface area contributed by atoms with Crippen molar-refractivity contribution < 1.29 is 9.18 Å². The number of halogens is 1. The summed E-state index contributed by atoms with van der Waals surface area (Å²) in [6, 6.07) is 8.38. The van der Waals surface area contributed by atoms with Crippen LogP contribution in [0, 0.1) is 23.1 Å². The van der Waals surface area contributed by atoms with Crippen LogP contribution in [0.3, 0.4) is 0 Å². The van der Waals surface area contributed by atoms with Gasteiger partial charge in [-0.1, -0.05) is 32.0 Å². The van der Waals surface area contributed by atoms with Crippen LogP contribution in [0.1, 0.15) is 19.4 Å². The van der Waals surface area contributed by atoms with Crippen molar-refractivity contribution in [1.29, 1.82) is 5.26 Å². The molecule has 0 unspecified atom stereocenters. The van der Waals surface area contributed by atoms with Crippen molar-refractivity contribution in [1.82, 2.24) is 10.6 Å². The highest BCUT2D eigenvalue weighted by atomic mass is 19.1. The van der Waals surface area contributed by atoms with Gasteiger partial charge >= 0.3 is 0 Å². The van der Waals surface area contributed by atoms with Crippen molar-refractivity contribution in [2.75, 3.05) is 13.1 Å². The fourth-order valence-corrected chi connectivity index (χ4v) is 1.62. The van der Waals surface area contributed by atoms with E-state index >= 15 is 0 Å². The van der Waals surface area contributed by atoms with Gasteiger partial charge in [-0.25, -0.2) is 4.39 Å². The Labute approximate surface area is 124 Å². The smallest absolute Gasteiger partial charge is 0.263 e. The van der Waals surface area contributed by atoms with Gasteiger partial charge in [0.25, 0.3) is 5.91 Å². The van der Waals surface area contributed by atoms with E-state index in [1.807, 2.05) is 19.9 Å². The van der Waals surface area contributed by atoms with Gasteiger partial charge in [-0.3, -0.25) is 4.79 Å². The molecule has 5 heteroatoms. The highest BCUT2D eigenvalue weighted by molar-refractivity contribution is 5.97. The molecule has 0 aromatic heterocycles. The van der Waals surface area contributed by atoms with Crippen LogP contribution in [0.4, 0.5) is 4.39 Å². The molecule has 21 heavy (non-hydrogen) atoms. The first-order valence-electron chi connectivity index (χ1n) is 6.90. The third kappa shape index (κ3) is 6.09. The molecule has 0 atom stereocenters. The predicted octanol–water partition coefficient (Wildman–Crippen LogP) is 2.14. The van der Waals surface area contributed by atoms with E-state index in [1.54, 1.807) is 18.2 Å². The first-order valence-corrected chi connectivity index (χ1v) is 6.90. The van der Waals surface area contributed by atoms with Crippen molar-refractivity contribution in [3.05, 3.63) is 47.4 Å². The van der Waals surface area contributed by atoms with E-state index < -0.39 is 5.91 Å². The lowest BCUT2D eigenvalue weighted by molar-refractivity contribution is -0.117. The monoisotopic (exact) mass is 289 g/mol. The number of rotatable bonds is 7. The average Bonchev–Trinajstić information content (AvgIpc) is 2.46. The molecule has 0 spiro atoms. The lowest BCUT2D eigenvalue weighted by Crippen LogP contribution is -2.29. The van der Waals surface area contributed by atoms with E-state index in [9.17, 15) is 9.18 Å². The molecule has 2 N–H and O–H groups in total. The number of nitrogens with zero attached hydrogens (tertiary/aromatic N) is 1. The SMILES string of the molecule is CC(C)CNC(=O)/C(C#N)=C\NCCc1ccccc1F. The molecule has 0 heterocycles. The summed E-state index contributed by atoms with van der Waals surface area (Å²) in [6.07, 6.45) is 1.85. The minimum Gasteiger partial charge on any atom is -0.389 e. The summed E-state index contributed by atoms with van der Waals surface area (Å²) in [4.78, 5) is 11.7. The maximum atomic E-state index is 13.4. The maximum absolute atomic E-state index is 13.4. The van der Waals surface area contributed by atoms with Crippen LogP contribution in [-0.4, -0.2) is 19.0 Å². The fraction of sp³-hybridized carbons (Fsp3) is 0.375. The Bertz CT molecular complexity index is 547. The minimum atomic E-state index is -0.399. The number of amides is 1. The number of nitriles is 1. The van der Waals surface area contributed by atoms with Crippen molar-refractivity contribution in [3.8, 4) is 6.07 Å². The molecular weight excluding hydrogens is 269 g/mol. The summed E-state index contributed by atoms with van der Waals surface area (Å²) < 4.78 is 13.4. The molecule has 0 aliphatic carbocycles. The summed E-state index contributed by atoms with van der Waals surface area (Å²) in [7, 11) is 0. The van der Waals surface area contributed by atoms with E-state index in [4.69, 9.17) is 5.26 Å². The van der Waals surface area contributed by atoms with Gasteiger partial charge in [0.15, 0.2) is 0 Å². The molecule has 4 nitrogen and oxygen atoms in total. The minimum absolute atomic E-state index is 0.0178. The number of benzene rings is 1. The average molecular weight is 289 g/mol. The van der Waals surface area contributed by atoms with Crippen LogP contribution in [0.2, 0.25) is 0 Å². The van der Waals surface area contributed by atoms with Crippen molar-refractivity contribution in [3.63, 3.8) is 0 Å². The Balaban J connectivity index is 2.45. The largest absolute Gasteiger partial charge is 0.389 e. The second-order valence-corrected chi connectivity index (χ2v) is 5.07. The van der Waals surface area contributed by atoms with Crippen molar-refractivity contribution >= 4 is 5.91 Å². The molecule has 0 aliphatic heterocycles. The predicted molar refractivity (Wildman–Crippen MR) is 79.7 cm³/mol. The molecule has 0 saturated carbocycles. The lowest BCUT2D eigenvalue weighted by atomic mass is 10.1. The van der Waals surface area contributed by atoms with E-state index in [0.29, 0.717) is 31.0 Å². The van der Waals surface area contributed by atoms with E-state index in [-0.39, 0.29) is 11.4 Å². The topological polar surface area (TPSA) is 64.9 Å². The Morgan fingerprint density at radius 2 is 2.14 bits per heavy atom. The second kappa shape index (κ2) is 8.75. The molecule has 0 saturated heterocycles. The van der Waals surface area contributed by atoms with Crippen LogP contribution in [0.25, 0.3) is 0 Å². The fourth-order valence-electron chi connectivity index (χ4n) is 1.62. The van der Waals surface area contributed by atoms with Gasteiger partial charge < -0.3 is 10.6 Å². The quantitative estimate of drug-likeness (QED) is 0.459. The van der Waals surface area contributed by atoms with Crippen LogP contribution >= 0.6 is 0 Å². The molecule has 1 rings (SSSR count). The van der Waals surface area contributed by atoms with E-state index in [2.05, 4.69) is 10.6 Å². The van der Waals surface area contributed by atoms with Crippen molar-refractivity contribution in [2.24, 2.45) is 5.92 Å². The Kier molecular flexibility index (Phi) is 6.96. The first kappa shape index (κ1) is 16.7. The molecule has 0 radical (unpaired) electrons. The van der Waals surface area contributed by atoms with Crippen LogP contribution in [-0.2, 0) is 11.2 Å². The Hall–Kier alpha value is -2.35. The molecule has 1 amide bonds. The van der Waals surface area contributed by atoms with Crippen LogP contribution < -0.4 is 10.6 Å². The van der Waals surface area contributed by atoms with Crippen molar-refractivity contribution in [2.45, 2.75) is 20.3 Å². The standard InChI is InChI=1S/C16H20FN3O/c1-12(2)10-20-16(21)14(9-18)11-19-8-7-13-5-3-4-6-15(13)17/h3-6,11-12,19H,7-8,10H2,1-2H3,(H,20,21)/b14-11-. The van der Waals surface area contributed by atoms with Gasteiger partial charge in [0.1, 0.15) is 17.5 Å². The summed E-state index contributed by atoms with van der Waals surface area (Å²) in [6.45, 7) is 4.92. The van der Waals surface area contributed by atoms with Gasteiger partial charge in [0.2, 0.25) is 0 Å². The van der Waals surface area contributed by atoms with E-state index in [1.165, 1.54) is 12.3 Å². The third-order valence-electron chi connectivity index (χ3n) is 2.78. The summed E-state index contributed by atoms with van der Waals surface area (Å²) >= 11 is 0. The maximum Gasteiger partial charge on any atom is 0.263 e. The molecule has 0 aliphatic rings. The number of carbonyl (C=O) groups is 1. The van der Waals surface area contributed by atoms with Crippen LogP contribution in [0.15, 0.2) is 36.0 Å². The Morgan fingerprint density at radius 1 is 1.43 bits per heavy atom. The molecule has 0 fully saturated rings. The van der Waals surface area contributed by atoms with Gasteiger partial charge in [-0.15, -0.1) is 0 Å². The van der Waals surface area contributed by atoms with Gasteiger partial charge in [0.05, 0.1) is 0 Å². The number of hydrogen-bond acceptors (Lipinski definition) is 3. The lowest BCUT2D eigenvalue weighted by Gasteiger charge is -2.07. The zero-order valence-corrected chi connectivity index (χ0v) is 12.3. The highest BCUT2D eigenvalue weighted by Crippen LogP contribution is 2.06. The third-order valence-corrected chi connectivity index (χ3v) is 2.78. The van der Waals surface area contributed by atoms with Crippen LogP contribution in [0.5, 0.6) is 0 Å². The van der Waals surface area contributed by atoms with E-state index in [0.717, 1.165) is 0 Å². The molecule has 1 aromatic carbocycles. The summed E-state index contributed by atoms with van der Waals surface area (Å²) in [5.41, 5.74) is 0.616. The summed E-state index contributed by atoms with van der Waals surface area (Å²) in [5, 5.41) is 14.5. The molecule has 1 aromatic rings. The molecule has 112 valence electrons. The van der Waals surface area contributed by atoms with Gasteiger partial charge in [-0.2, -0.15) is 5.26 Å². The van der Waals surface area contributed by atoms with Gasteiger partial charge in [-0.05, 0) is 24.0 Å². The highest BCUT2D eigenvalue weighted by Gasteiger charge is 2.08. The second-order valence-electron chi connectivity index (χ2n) is 5.07. The molecule has 0 bridgehead atoms. The first-order chi connectivity index (χ1) is 10.0. The van der Waals surface area contributed by atoms with Gasteiger partial charge in [0, 0.05) is 19.3 Å². The zero-order chi connectivity index (χ0) is 15.7. The molecular formula is C16H20FN3O. The summed E-state index contributed by atoms with van der Waals surface area (Å²) in [5.74, 6) is -0.328. The number of nitrogens with one attached hydrogen (secondary N) is 2.